The van der Waals surface area contributed by atoms with E-state index in [2.05, 4.69) is 23.5 Å². The van der Waals surface area contributed by atoms with Crippen molar-refractivity contribution in [1.29, 1.82) is 0 Å². The number of nitrogens with zero attached hydrogens (tertiary/aromatic N) is 1. The first kappa shape index (κ1) is 15.2. The number of rotatable bonds is 8. The van der Waals surface area contributed by atoms with Gasteiger partial charge in [0.25, 0.3) is 0 Å². The summed E-state index contributed by atoms with van der Waals surface area (Å²) in [6.07, 6.45) is 2.94. The summed E-state index contributed by atoms with van der Waals surface area (Å²) in [6, 6.07) is 7.90. The van der Waals surface area contributed by atoms with E-state index in [9.17, 15) is 0 Å². The van der Waals surface area contributed by atoms with Crippen LogP contribution in [0, 0.1) is 6.92 Å². The van der Waals surface area contributed by atoms with Gasteiger partial charge in [-0.2, -0.15) is 0 Å². The highest BCUT2D eigenvalue weighted by Crippen LogP contribution is 2.23. The maximum absolute atomic E-state index is 6.00. The first-order valence-electron chi connectivity index (χ1n) is 7.37. The Hall–Kier alpha value is -2.17. The molecular formula is C16H23N3O2. The molecule has 1 heterocycles. The fourth-order valence-corrected chi connectivity index (χ4v) is 2.06. The summed E-state index contributed by atoms with van der Waals surface area (Å²) in [4.78, 5) is 0. The third-order valence-corrected chi connectivity index (χ3v) is 3.11. The largest absolute Gasteiger partial charge is 0.491 e. The van der Waals surface area contributed by atoms with Gasteiger partial charge in [0.2, 0.25) is 0 Å². The van der Waals surface area contributed by atoms with E-state index in [4.69, 9.17) is 15.0 Å². The van der Waals surface area contributed by atoms with Crippen molar-refractivity contribution in [3.8, 4) is 5.75 Å². The first-order valence-corrected chi connectivity index (χ1v) is 7.37. The summed E-state index contributed by atoms with van der Waals surface area (Å²) in [5.41, 5.74) is 7.92. The van der Waals surface area contributed by atoms with Crippen molar-refractivity contribution in [2.24, 2.45) is 0 Å². The molecule has 2 rings (SSSR count). The predicted octanol–water partition coefficient (Wildman–Crippen LogP) is 3.40. The quantitative estimate of drug-likeness (QED) is 0.575. The molecular weight excluding hydrogens is 266 g/mol. The number of aromatic nitrogens is 1. The molecule has 0 bridgehead atoms. The highest BCUT2D eigenvalue weighted by Gasteiger charge is 2.03. The van der Waals surface area contributed by atoms with Crippen LogP contribution in [0.3, 0.4) is 0 Å². The minimum absolute atomic E-state index is 0.699. The Bertz CT molecular complexity index is 566. The Morgan fingerprint density at radius 2 is 2.19 bits per heavy atom. The third kappa shape index (κ3) is 4.70. The molecule has 0 fully saturated rings. The van der Waals surface area contributed by atoms with Gasteiger partial charge in [-0.05, 0) is 43.9 Å². The summed E-state index contributed by atoms with van der Waals surface area (Å²) in [6.45, 7) is 5.50. The highest BCUT2D eigenvalue weighted by atomic mass is 16.5. The molecule has 3 N–H and O–H groups in total. The van der Waals surface area contributed by atoms with E-state index < -0.39 is 0 Å². The second-order valence-electron chi connectivity index (χ2n) is 5.07. The average Bonchev–Trinajstić information content (AvgIpc) is 2.88. The second-order valence-corrected chi connectivity index (χ2v) is 5.07. The van der Waals surface area contributed by atoms with Crippen LogP contribution in [-0.4, -0.2) is 18.3 Å². The standard InChI is InChI=1S/C16H23N3O2/c1-3-9-20-15-7-6-13(11-14(15)17)5-4-8-18-16-10-12(2)21-19-16/h6-7,10-11H,3-5,8-9,17H2,1-2H3,(H,18,19). The van der Waals surface area contributed by atoms with Gasteiger partial charge in [-0.15, -0.1) is 0 Å². The molecule has 1 aromatic heterocycles. The Labute approximate surface area is 125 Å². The lowest BCUT2D eigenvalue weighted by molar-refractivity contribution is 0.319. The summed E-state index contributed by atoms with van der Waals surface area (Å²) in [5, 5.41) is 7.12. The SMILES string of the molecule is CCCOc1ccc(CCCNc2cc(C)on2)cc1N. The van der Waals surface area contributed by atoms with Crippen LogP contribution in [0.25, 0.3) is 0 Å². The number of hydrogen-bond acceptors (Lipinski definition) is 5. The van der Waals surface area contributed by atoms with Crippen molar-refractivity contribution in [3.63, 3.8) is 0 Å². The van der Waals surface area contributed by atoms with Gasteiger partial charge in [-0.25, -0.2) is 0 Å². The molecule has 0 spiro atoms. The van der Waals surface area contributed by atoms with Crippen molar-refractivity contribution in [2.75, 3.05) is 24.2 Å². The van der Waals surface area contributed by atoms with Crippen molar-refractivity contribution in [3.05, 3.63) is 35.6 Å². The zero-order valence-electron chi connectivity index (χ0n) is 12.7. The summed E-state index contributed by atoms with van der Waals surface area (Å²) in [7, 11) is 0. The Morgan fingerprint density at radius 3 is 2.86 bits per heavy atom. The van der Waals surface area contributed by atoms with E-state index in [1.54, 1.807) is 0 Å². The average molecular weight is 289 g/mol. The number of anilines is 2. The third-order valence-electron chi connectivity index (χ3n) is 3.11. The van der Waals surface area contributed by atoms with Gasteiger partial charge >= 0.3 is 0 Å². The molecule has 5 nitrogen and oxygen atoms in total. The molecule has 21 heavy (non-hydrogen) atoms. The van der Waals surface area contributed by atoms with Crippen LogP contribution in [0.5, 0.6) is 5.75 Å². The number of aryl methyl sites for hydroxylation is 2. The molecule has 0 saturated heterocycles. The van der Waals surface area contributed by atoms with Crippen molar-refractivity contribution >= 4 is 11.5 Å². The minimum Gasteiger partial charge on any atom is -0.491 e. The van der Waals surface area contributed by atoms with Crippen LogP contribution in [-0.2, 0) is 6.42 Å². The van der Waals surface area contributed by atoms with E-state index in [1.165, 1.54) is 5.56 Å². The van der Waals surface area contributed by atoms with E-state index >= 15 is 0 Å². The number of nitrogens with two attached hydrogens (primary N) is 1. The number of benzene rings is 1. The first-order chi connectivity index (χ1) is 10.2. The number of hydrogen-bond donors (Lipinski definition) is 2. The predicted molar refractivity (Wildman–Crippen MR) is 84.7 cm³/mol. The van der Waals surface area contributed by atoms with Crippen molar-refractivity contribution in [2.45, 2.75) is 33.1 Å². The van der Waals surface area contributed by atoms with Crippen LogP contribution in [0.4, 0.5) is 11.5 Å². The van der Waals surface area contributed by atoms with Crippen LogP contribution in [0.15, 0.2) is 28.8 Å². The molecule has 5 heteroatoms. The molecule has 0 aliphatic heterocycles. The van der Waals surface area contributed by atoms with Gasteiger partial charge in [-0.3, -0.25) is 0 Å². The van der Waals surface area contributed by atoms with Crippen LogP contribution in [0.1, 0.15) is 31.1 Å². The van der Waals surface area contributed by atoms with Gasteiger partial charge in [0.15, 0.2) is 5.82 Å². The molecule has 0 saturated carbocycles. The zero-order chi connectivity index (χ0) is 15.1. The van der Waals surface area contributed by atoms with Gasteiger partial charge in [0.1, 0.15) is 11.5 Å². The Kier molecular flexibility index (Phi) is 5.49. The zero-order valence-corrected chi connectivity index (χ0v) is 12.7. The molecule has 0 unspecified atom stereocenters. The molecule has 0 aliphatic rings. The van der Waals surface area contributed by atoms with Crippen LogP contribution >= 0.6 is 0 Å². The molecule has 0 aliphatic carbocycles. The summed E-state index contributed by atoms with van der Waals surface area (Å²) < 4.78 is 10.6. The fourth-order valence-electron chi connectivity index (χ4n) is 2.06. The van der Waals surface area contributed by atoms with Gasteiger partial charge in [0, 0.05) is 12.6 Å². The van der Waals surface area contributed by atoms with E-state index in [1.807, 2.05) is 25.1 Å². The number of nitrogen functional groups attached to an aromatic ring is 1. The molecule has 2 aromatic rings. The van der Waals surface area contributed by atoms with E-state index in [0.717, 1.165) is 43.1 Å². The molecule has 1 aromatic carbocycles. The summed E-state index contributed by atoms with van der Waals surface area (Å²) in [5.74, 6) is 2.38. The maximum atomic E-state index is 6.00. The van der Waals surface area contributed by atoms with Gasteiger partial charge < -0.3 is 20.3 Å². The highest BCUT2D eigenvalue weighted by molar-refractivity contribution is 5.54. The van der Waals surface area contributed by atoms with Crippen molar-refractivity contribution in [1.82, 2.24) is 5.16 Å². The van der Waals surface area contributed by atoms with Crippen molar-refractivity contribution < 1.29 is 9.26 Å². The second kappa shape index (κ2) is 7.57. The monoisotopic (exact) mass is 289 g/mol. The lowest BCUT2D eigenvalue weighted by atomic mass is 10.1. The smallest absolute Gasteiger partial charge is 0.169 e. The summed E-state index contributed by atoms with van der Waals surface area (Å²) >= 11 is 0. The maximum Gasteiger partial charge on any atom is 0.169 e. The lowest BCUT2D eigenvalue weighted by Crippen LogP contribution is -2.04. The Balaban J connectivity index is 1.76. The normalized spacial score (nSPS) is 10.6. The topological polar surface area (TPSA) is 73.3 Å². The minimum atomic E-state index is 0.699. The fraction of sp³-hybridized carbons (Fsp3) is 0.438. The van der Waals surface area contributed by atoms with Gasteiger partial charge in [0.05, 0.1) is 12.3 Å². The molecule has 0 radical (unpaired) electrons. The molecule has 0 atom stereocenters. The van der Waals surface area contributed by atoms with Gasteiger partial charge in [-0.1, -0.05) is 18.1 Å². The number of nitrogens with one attached hydrogen (secondary N) is 1. The van der Waals surface area contributed by atoms with E-state index in [-0.39, 0.29) is 0 Å². The molecule has 114 valence electrons. The molecule has 0 amide bonds. The number of ether oxygens (including phenoxy) is 1. The van der Waals surface area contributed by atoms with Crippen LogP contribution < -0.4 is 15.8 Å². The van der Waals surface area contributed by atoms with Crippen LogP contribution in [0.2, 0.25) is 0 Å². The van der Waals surface area contributed by atoms with E-state index in [0.29, 0.717) is 12.3 Å². The lowest BCUT2D eigenvalue weighted by Gasteiger charge is -2.09. The Morgan fingerprint density at radius 1 is 1.33 bits per heavy atom.